The normalized spacial score (nSPS) is 25.7. The molecule has 2 aromatic rings. The Morgan fingerprint density at radius 1 is 1.39 bits per heavy atom. The third-order valence-electron chi connectivity index (χ3n) is 3.90. The van der Waals surface area contributed by atoms with Crippen molar-refractivity contribution in [3.8, 4) is 0 Å². The van der Waals surface area contributed by atoms with Crippen molar-refractivity contribution in [1.82, 2.24) is 4.90 Å². The zero-order valence-corrected chi connectivity index (χ0v) is 11.5. The van der Waals surface area contributed by atoms with Gasteiger partial charge < -0.3 is 5.11 Å². The smallest absolute Gasteiger partial charge is 0.0590 e. The van der Waals surface area contributed by atoms with Crippen LogP contribution in [0.3, 0.4) is 0 Å². The van der Waals surface area contributed by atoms with Crippen molar-refractivity contribution in [3.05, 3.63) is 35.2 Å². The van der Waals surface area contributed by atoms with Gasteiger partial charge in [-0.2, -0.15) is 0 Å². The summed E-state index contributed by atoms with van der Waals surface area (Å²) in [5, 5.41) is 13.4. The molecule has 18 heavy (non-hydrogen) atoms. The Morgan fingerprint density at radius 2 is 2.22 bits per heavy atom. The van der Waals surface area contributed by atoms with Gasteiger partial charge in [-0.1, -0.05) is 25.1 Å². The van der Waals surface area contributed by atoms with E-state index in [1.165, 1.54) is 15.6 Å². The van der Waals surface area contributed by atoms with E-state index in [0.29, 0.717) is 5.92 Å². The predicted octanol–water partition coefficient (Wildman–Crippen LogP) is 3.10. The van der Waals surface area contributed by atoms with E-state index in [2.05, 4.69) is 41.5 Å². The summed E-state index contributed by atoms with van der Waals surface area (Å²) in [7, 11) is 0. The number of hydrogen-bond donors (Lipinski definition) is 1. The molecule has 3 rings (SSSR count). The number of aliphatic hydroxyl groups excluding tert-OH is 1. The molecule has 2 nitrogen and oxygen atoms in total. The minimum Gasteiger partial charge on any atom is -0.393 e. The van der Waals surface area contributed by atoms with Crippen molar-refractivity contribution in [1.29, 1.82) is 0 Å². The van der Waals surface area contributed by atoms with Gasteiger partial charge in [0.05, 0.1) is 6.10 Å². The maximum absolute atomic E-state index is 9.77. The van der Waals surface area contributed by atoms with E-state index >= 15 is 0 Å². The number of benzene rings is 1. The molecule has 0 saturated carbocycles. The molecule has 0 bridgehead atoms. The fourth-order valence-corrected chi connectivity index (χ4v) is 3.71. The van der Waals surface area contributed by atoms with Crippen molar-refractivity contribution in [2.75, 3.05) is 13.1 Å². The van der Waals surface area contributed by atoms with E-state index in [-0.39, 0.29) is 6.10 Å². The minimum atomic E-state index is -0.111. The molecule has 1 aliphatic rings. The molecule has 1 saturated heterocycles. The molecule has 96 valence electrons. The molecule has 0 radical (unpaired) electrons. The van der Waals surface area contributed by atoms with Crippen molar-refractivity contribution >= 4 is 21.4 Å². The number of likely N-dealkylation sites (tertiary alicyclic amines) is 1. The summed E-state index contributed by atoms with van der Waals surface area (Å²) < 4.78 is 1.37. The van der Waals surface area contributed by atoms with Crippen LogP contribution in [-0.4, -0.2) is 29.2 Å². The van der Waals surface area contributed by atoms with Crippen LogP contribution in [0.1, 0.15) is 18.9 Å². The molecule has 2 heterocycles. The maximum atomic E-state index is 9.77. The predicted molar refractivity (Wildman–Crippen MR) is 76.9 cm³/mol. The lowest BCUT2D eigenvalue weighted by molar-refractivity contribution is 0.0322. The van der Waals surface area contributed by atoms with E-state index in [9.17, 15) is 5.11 Å². The average molecular weight is 261 g/mol. The number of hydrogen-bond acceptors (Lipinski definition) is 3. The van der Waals surface area contributed by atoms with Gasteiger partial charge in [0.25, 0.3) is 0 Å². The monoisotopic (exact) mass is 261 g/mol. The number of aliphatic hydroxyl groups is 1. The molecule has 1 aromatic carbocycles. The number of fused-ring (bicyclic) bond motifs is 1. The van der Waals surface area contributed by atoms with Crippen molar-refractivity contribution in [2.24, 2.45) is 5.92 Å². The maximum Gasteiger partial charge on any atom is 0.0590 e. The summed E-state index contributed by atoms with van der Waals surface area (Å²) in [5.74, 6) is 0.392. The van der Waals surface area contributed by atoms with Crippen LogP contribution in [-0.2, 0) is 6.54 Å². The number of piperidine rings is 1. The van der Waals surface area contributed by atoms with E-state index in [1.807, 2.05) is 11.3 Å². The van der Waals surface area contributed by atoms with Gasteiger partial charge in [0.2, 0.25) is 0 Å². The van der Waals surface area contributed by atoms with Gasteiger partial charge in [-0.15, -0.1) is 11.3 Å². The molecule has 1 aliphatic heterocycles. The summed E-state index contributed by atoms with van der Waals surface area (Å²) in [6.07, 6.45) is 0.795. The number of rotatable bonds is 2. The van der Waals surface area contributed by atoms with Crippen molar-refractivity contribution in [2.45, 2.75) is 26.0 Å². The van der Waals surface area contributed by atoms with E-state index < -0.39 is 0 Å². The Hall–Kier alpha value is -0.900. The lowest BCUT2D eigenvalue weighted by Gasteiger charge is -2.34. The second-order valence-electron chi connectivity index (χ2n) is 5.33. The largest absolute Gasteiger partial charge is 0.393 e. The Kier molecular flexibility index (Phi) is 3.37. The zero-order valence-electron chi connectivity index (χ0n) is 10.7. The summed E-state index contributed by atoms with van der Waals surface area (Å²) in [5.41, 5.74) is 1.43. The highest BCUT2D eigenvalue weighted by atomic mass is 32.1. The number of nitrogens with zero attached hydrogens (tertiary/aromatic N) is 1. The summed E-state index contributed by atoms with van der Waals surface area (Å²) in [6.45, 7) is 5.17. The Bertz CT molecular complexity index is 536. The molecule has 1 aromatic heterocycles. The second kappa shape index (κ2) is 5.00. The molecule has 2 atom stereocenters. The van der Waals surface area contributed by atoms with Crippen LogP contribution in [0, 0.1) is 5.92 Å². The zero-order chi connectivity index (χ0) is 12.5. The Labute approximate surface area is 112 Å². The van der Waals surface area contributed by atoms with E-state index in [4.69, 9.17) is 0 Å². The van der Waals surface area contributed by atoms with Crippen LogP contribution in [0.2, 0.25) is 0 Å². The van der Waals surface area contributed by atoms with Crippen LogP contribution in [0.25, 0.3) is 10.1 Å². The molecular formula is C15H19NOS. The van der Waals surface area contributed by atoms with Crippen molar-refractivity contribution < 1.29 is 5.11 Å². The summed E-state index contributed by atoms with van der Waals surface area (Å²) in [6, 6.07) is 8.61. The molecular weight excluding hydrogens is 242 g/mol. The topological polar surface area (TPSA) is 23.5 Å². The molecule has 2 unspecified atom stereocenters. The van der Waals surface area contributed by atoms with Crippen LogP contribution in [0.15, 0.2) is 29.6 Å². The van der Waals surface area contributed by atoms with Gasteiger partial charge in [0.15, 0.2) is 0 Å². The third kappa shape index (κ3) is 2.30. The SMILES string of the molecule is CC1CN(Cc2csc3ccccc23)CCC1O. The van der Waals surface area contributed by atoms with Crippen LogP contribution >= 0.6 is 11.3 Å². The molecule has 0 spiro atoms. The van der Waals surface area contributed by atoms with Crippen LogP contribution < -0.4 is 0 Å². The standard InChI is InChI=1S/C15H19NOS/c1-11-8-16(7-6-14(11)17)9-12-10-18-15-5-3-2-4-13(12)15/h2-5,10-11,14,17H,6-9H2,1H3. The molecule has 0 amide bonds. The number of thiophene rings is 1. The fourth-order valence-electron chi connectivity index (χ4n) is 2.76. The highest BCUT2D eigenvalue weighted by Crippen LogP contribution is 2.28. The minimum absolute atomic E-state index is 0.111. The van der Waals surface area contributed by atoms with E-state index in [1.54, 1.807) is 0 Å². The van der Waals surface area contributed by atoms with Crippen LogP contribution in [0.5, 0.6) is 0 Å². The summed E-state index contributed by atoms with van der Waals surface area (Å²) in [4.78, 5) is 2.46. The van der Waals surface area contributed by atoms with Gasteiger partial charge in [-0.3, -0.25) is 4.90 Å². The molecule has 0 aliphatic carbocycles. The first kappa shape index (κ1) is 12.2. The Morgan fingerprint density at radius 3 is 3.06 bits per heavy atom. The van der Waals surface area contributed by atoms with Crippen LogP contribution in [0.4, 0.5) is 0 Å². The lowest BCUT2D eigenvalue weighted by atomic mass is 9.96. The quantitative estimate of drug-likeness (QED) is 0.898. The molecule has 1 fully saturated rings. The van der Waals surface area contributed by atoms with Gasteiger partial charge in [0, 0.05) is 24.3 Å². The first-order valence-electron chi connectivity index (χ1n) is 6.59. The average Bonchev–Trinajstić information content (AvgIpc) is 2.78. The highest BCUT2D eigenvalue weighted by Gasteiger charge is 2.24. The first-order chi connectivity index (χ1) is 8.74. The first-order valence-corrected chi connectivity index (χ1v) is 7.47. The lowest BCUT2D eigenvalue weighted by Crippen LogP contribution is -2.41. The Balaban J connectivity index is 1.76. The van der Waals surface area contributed by atoms with Crippen molar-refractivity contribution in [3.63, 3.8) is 0 Å². The van der Waals surface area contributed by atoms with Gasteiger partial charge >= 0.3 is 0 Å². The fraction of sp³-hybridized carbons (Fsp3) is 0.467. The second-order valence-corrected chi connectivity index (χ2v) is 6.24. The van der Waals surface area contributed by atoms with Gasteiger partial charge in [-0.05, 0) is 34.7 Å². The highest BCUT2D eigenvalue weighted by molar-refractivity contribution is 7.17. The third-order valence-corrected chi connectivity index (χ3v) is 4.91. The van der Waals surface area contributed by atoms with Gasteiger partial charge in [0.1, 0.15) is 0 Å². The van der Waals surface area contributed by atoms with E-state index in [0.717, 1.165) is 26.1 Å². The molecule has 1 N–H and O–H groups in total. The summed E-state index contributed by atoms with van der Waals surface area (Å²) >= 11 is 1.83. The molecule has 3 heteroatoms. The van der Waals surface area contributed by atoms with Gasteiger partial charge in [-0.25, -0.2) is 0 Å².